The molecule has 7 heteroatoms. The molecule has 0 saturated heterocycles. The zero-order valence-corrected chi connectivity index (χ0v) is 9.30. The number of hydrogen-bond donors (Lipinski definition) is 1. The van der Waals surface area contributed by atoms with Crippen LogP contribution in [0.5, 0.6) is 0 Å². The van der Waals surface area contributed by atoms with Crippen LogP contribution in [0.1, 0.15) is 0 Å². The maximum absolute atomic E-state index is 13.0. The van der Waals surface area contributed by atoms with Gasteiger partial charge in [0.2, 0.25) is 0 Å². The average molecular weight is 237 g/mol. The van der Waals surface area contributed by atoms with Crippen molar-refractivity contribution in [1.82, 2.24) is 20.2 Å². The van der Waals surface area contributed by atoms with Crippen LogP contribution in [-0.2, 0) is 11.3 Å². The minimum Gasteiger partial charge on any atom is -0.396 e. The van der Waals surface area contributed by atoms with Gasteiger partial charge in [0.25, 0.3) is 0 Å². The van der Waals surface area contributed by atoms with E-state index in [0.717, 1.165) is 0 Å². The van der Waals surface area contributed by atoms with Crippen LogP contribution >= 0.6 is 0 Å². The van der Waals surface area contributed by atoms with E-state index >= 15 is 0 Å². The summed E-state index contributed by atoms with van der Waals surface area (Å²) in [6.07, 6.45) is 0. The molecule has 1 aromatic carbocycles. The summed E-state index contributed by atoms with van der Waals surface area (Å²) >= 11 is 0. The zero-order valence-electron chi connectivity index (χ0n) is 9.30. The number of rotatable bonds is 4. The minimum absolute atomic E-state index is 0.0730. The van der Waals surface area contributed by atoms with Gasteiger partial charge in [-0.05, 0) is 28.6 Å². The van der Waals surface area contributed by atoms with E-state index in [4.69, 9.17) is 10.5 Å². The van der Waals surface area contributed by atoms with E-state index in [-0.39, 0.29) is 5.69 Å². The molecule has 0 bridgehead atoms. The Balaban J connectivity index is 2.32. The number of methoxy groups -OCH3 is 1. The second-order valence-electron chi connectivity index (χ2n) is 3.45. The standard InChI is InChI=1S/C10H12FN5O/c1-17-5-4-16-10(13-14-15-16)7-2-3-8(11)9(12)6-7/h2-3,6H,4-5,12H2,1H3. The molecule has 0 saturated carbocycles. The Morgan fingerprint density at radius 1 is 1.47 bits per heavy atom. The first kappa shape index (κ1) is 11.5. The normalized spacial score (nSPS) is 10.7. The van der Waals surface area contributed by atoms with Crippen LogP contribution in [-0.4, -0.2) is 33.9 Å². The lowest BCUT2D eigenvalue weighted by molar-refractivity contribution is 0.183. The van der Waals surface area contributed by atoms with Crippen molar-refractivity contribution in [1.29, 1.82) is 0 Å². The van der Waals surface area contributed by atoms with Gasteiger partial charge in [-0.1, -0.05) is 0 Å². The lowest BCUT2D eigenvalue weighted by Gasteiger charge is -2.04. The summed E-state index contributed by atoms with van der Waals surface area (Å²) in [6.45, 7) is 1.02. The Hall–Kier alpha value is -2.02. The van der Waals surface area contributed by atoms with Crippen LogP contribution in [0, 0.1) is 5.82 Å². The molecule has 90 valence electrons. The summed E-state index contributed by atoms with van der Waals surface area (Å²) in [4.78, 5) is 0. The molecule has 2 rings (SSSR count). The van der Waals surface area contributed by atoms with Crippen molar-refractivity contribution in [2.24, 2.45) is 0 Å². The third-order valence-electron chi connectivity index (χ3n) is 2.29. The number of ether oxygens (including phenoxy) is 1. The van der Waals surface area contributed by atoms with E-state index in [1.165, 1.54) is 12.1 Å². The predicted molar refractivity (Wildman–Crippen MR) is 59.5 cm³/mol. The summed E-state index contributed by atoms with van der Waals surface area (Å²) < 4.78 is 19.6. The maximum Gasteiger partial charge on any atom is 0.182 e. The first-order valence-corrected chi connectivity index (χ1v) is 5.03. The summed E-state index contributed by atoms with van der Waals surface area (Å²) in [6, 6.07) is 4.38. The lowest BCUT2D eigenvalue weighted by atomic mass is 10.2. The SMILES string of the molecule is COCCn1nnnc1-c1ccc(F)c(N)c1. The summed E-state index contributed by atoms with van der Waals surface area (Å²) in [5.74, 6) is 0.0819. The summed E-state index contributed by atoms with van der Waals surface area (Å²) in [5, 5.41) is 11.3. The van der Waals surface area contributed by atoms with Gasteiger partial charge in [-0.2, -0.15) is 0 Å². The Labute approximate surface area is 97.2 Å². The zero-order chi connectivity index (χ0) is 12.3. The Morgan fingerprint density at radius 2 is 2.29 bits per heavy atom. The van der Waals surface area contributed by atoms with Gasteiger partial charge in [-0.25, -0.2) is 9.07 Å². The molecular weight excluding hydrogens is 225 g/mol. The first-order valence-electron chi connectivity index (χ1n) is 5.03. The number of aromatic nitrogens is 4. The first-order chi connectivity index (χ1) is 8.22. The smallest absolute Gasteiger partial charge is 0.182 e. The van der Waals surface area contributed by atoms with E-state index in [2.05, 4.69) is 15.5 Å². The fourth-order valence-corrected chi connectivity index (χ4v) is 1.42. The minimum atomic E-state index is -0.454. The van der Waals surface area contributed by atoms with Crippen LogP contribution in [0.15, 0.2) is 18.2 Å². The number of tetrazole rings is 1. The number of nitrogens with zero attached hydrogens (tertiary/aromatic N) is 4. The van der Waals surface area contributed by atoms with Crippen LogP contribution in [0.25, 0.3) is 11.4 Å². The molecule has 0 aliphatic heterocycles. The van der Waals surface area contributed by atoms with E-state index in [9.17, 15) is 4.39 Å². The largest absolute Gasteiger partial charge is 0.396 e. The number of nitrogens with two attached hydrogens (primary N) is 1. The van der Waals surface area contributed by atoms with Crippen molar-refractivity contribution >= 4 is 5.69 Å². The molecule has 2 aromatic rings. The topological polar surface area (TPSA) is 78.8 Å². The third kappa shape index (κ3) is 2.39. The van der Waals surface area contributed by atoms with Crippen LogP contribution in [0.4, 0.5) is 10.1 Å². The highest BCUT2D eigenvalue weighted by atomic mass is 19.1. The molecule has 0 aliphatic carbocycles. The molecule has 0 radical (unpaired) electrons. The third-order valence-corrected chi connectivity index (χ3v) is 2.29. The molecule has 1 aromatic heterocycles. The van der Waals surface area contributed by atoms with Crippen molar-refractivity contribution in [3.63, 3.8) is 0 Å². The monoisotopic (exact) mass is 237 g/mol. The molecule has 17 heavy (non-hydrogen) atoms. The number of nitrogen functional groups attached to an aromatic ring is 1. The Morgan fingerprint density at radius 3 is 3.00 bits per heavy atom. The molecule has 1 heterocycles. The molecule has 0 spiro atoms. The number of benzene rings is 1. The lowest BCUT2D eigenvalue weighted by Crippen LogP contribution is -2.08. The van der Waals surface area contributed by atoms with Crippen molar-refractivity contribution in [3.05, 3.63) is 24.0 Å². The molecule has 0 amide bonds. The highest BCUT2D eigenvalue weighted by Gasteiger charge is 2.10. The Bertz CT molecular complexity index is 513. The van der Waals surface area contributed by atoms with Crippen LogP contribution in [0.3, 0.4) is 0 Å². The molecule has 2 N–H and O–H groups in total. The van der Waals surface area contributed by atoms with Gasteiger partial charge in [-0.15, -0.1) is 5.10 Å². The maximum atomic E-state index is 13.0. The van der Waals surface area contributed by atoms with E-state index in [0.29, 0.717) is 24.5 Å². The van der Waals surface area contributed by atoms with Crippen LogP contribution < -0.4 is 5.73 Å². The van der Waals surface area contributed by atoms with Gasteiger partial charge in [0.05, 0.1) is 18.8 Å². The highest BCUT2D eigenvalue weighted by molar-refractivity contribution is 5.61. The quantitative estimate of drug-likeness (QED) is 0.792. The number of anilines is 1. The molecular formula is C10H12FN5O. The molecule has 6 nitrogen and oxygen atoms in total. The van der Waals surface area contributed by atoms with E-state index in [1.54, 1.807) is 17.9 Å². The predicted octanol–water partition coefficient (Wildman–Crippen LogP) is 0.708. The van der Waals surface area contributed by atoms with Gasteiger partial charge in [0.15, 0.2) is 5.82 Å². The average Bonchev–Trinajstić information content (AvgIpc) is 2.78. The fraction of sp³-hybridized carbons (Fsp3) is 0.300. The van der Waals surface area contributed by atoms with Crippen molar-refractivity contribution in [2.45, 2.75) is 6.54 Å². The Kier molecular flexibility index (Phi) is 3.29. The second-order valence-corrected chi connectivity index (χ2v) is 3.45. The van der Waals surface area contributed by atoms with Crippen molar-refractivity contribution in [2.75, 3.05) is 19.5 Å². The van der Waals surface area contributed by atoms with Gasteiger partial charge in [0.1, 0.15) is 5.82 Å². The van der Waals surface area contributed by atoms with E-state index in [1.807, 2.05) is 0 Å². The number of hydrogen-bond acceptors (Lipinski definition) is 5. The van der Waals surface area contributed by atoms with E-state index < -0.39 is 5.82 Å². The molecule has 0 fully saturated rings. The molecule has 0 aliphatic rings. The van der Waals surface area contributed by atoms with Crippen LogP contribution in [0.2, 0.25) is 0 Å². The molecule has 0 atom stereocenters. The van der Waals surface area contributed by atoms with Crippen molar-refractivity contribution < 1.29 is 9.13 Å². The number of halogens is 1. The molecule has 0 unspecified atom stereocenters. The van der Waals surface area contributed by atoms with Gasteiger partial charge in [-0.3, -0.25) is 0 Å². The van der Waals surface area contributed by atoms with Gasteiger partial charge in [0, 0.05) is 12.7 Å². The van der Waals surface area contributed by atoms with Crippen molar-refractivity contribution in [3.8, 4) is 11.4 Å². The second kappa shape index (κ2) is 4.88. The van der Waals surface area contributed by atoms with Gasteiger partial charge < -0.3 is 10.5 Å². The fourth-order valence-electron chi connectivity index (χ4n) is 1.42. The van der Waals surface area contributed by atoms with Gasteiger partial charge >= 0.3 is 0 Å². The summed E-state index contributed by atoms with van der Waals surface area (Å²) in [7, 11) is 1.60. The summed E-state index contributed by atoms with van der Waals surface area (Å²) in [5.41, 5.74) is 6.24. The highest BCUT2D eigenvalue weighted by Crippen LogP contribution is 2.20.